The Kier molecular flexibility index (Phi) is 8.68. The minimum atomic E-state index is -4.54. The van der Waals surface area contributed by atoms with E-state index in [4.69, 9.17) is 9.84 Å². The van der Waals surface area contributed by atoms with Crippen LogP contribution in [0, 0.1) is 0 Å². The molecule has 2 aromatic carbocycles. The van der Waals surface area contributed by atoms with E-state index in [1.165, 1.54) is 28.8 Å². The maximum absolute atomic E-state index is 13.7. The van der Waals surface area contributed by atoms with Crippen LogP contribution in [0.2, 0.25) is 0 Å². The number of amides is 2. The zero-order valence-electron chi connectivity index (χ0n) is 22.4. The third-order valence-corrected chi connectivity index (χ3v) is 8.21. The first-order valence-electron chi connectivity index (χ1n) is 13.2. The van der Waals surface area contributed by atoms with E-state index in [1.54, 1.807) is 30.5 Å². The average molecular weight is 590 g/mol. The second kappa shape index (κ2) is 12.2. The Morgan fingerprint density at radius 2 is 1.76 bits per heavy atom. The average Bonchev–Trinajstić information content (AvgIpc) is 3.46. The fraction of sp³-hybridized carbons (Fsp3) is 0.393. The van der Waals surface area contributed by atoms with Gasteiger partial charge in [0, 0.05) is 51.2 Å². The fourth-order valence-corrected chi connectivity index (χ4v) is 5.90. The van der Waals surface area contributed by atoms with Gasteiger partial charge in [0.25, 0.3) is 11.1 Å². The lowest BCUT2D eigenvalue weighted by Gasteiger charge is -2.34. The molecule has 2 aliphatic rings. The standard InChI is InChI=1S/C28H30F3N5O4S/c1-40-22-4-3-20(23(16-22)28(29,30)31)18-36-24-5-2-19(14-21(24)17-32-36)15-25-26(38)35(27(39)41-25)11-10-33-6-8-34(9-7-33)12-13-37/h2-5,14-17,37H,6-13,18H2,1H3. The number of carbonyl (C=O) groups excluding carboxylic acids is 2. The third-order valence-electron chi connectivity index (χ3n) is 7.30. The molecule has 1 aromatic heterocycles. The van der Waals surface area contributed by atoms with Crippen LogP contribution in [0.15, 0.2) is 47.5 Å². The minimum Gasteiger partial charge on any atom is -0.497 e. The molecule has 0 spiro atoms. The lowest BCUT2D eigenvalue weighted by molar-refractivity contribution is -0.138. The smallest absolute Gasteiger partial charge is 0.416 e. The number of methoxy groups -OCH3 is 1. The normalized spacial score (nSPS) is 18.3. The lowest BCUT2D eigenvalue weighted by atomic mass is 10.1. The summed E-state index contributed by atoms with van der Waals surface area (Å²) in [5.74, 6) is -0.216. The number of nitrogens with zero attached hydrogens (tertiary/aromatic N) is 5. The van der Waals surface area contributed by atoms with Gasteiger partial charge >= 0.3 is 6.18 Å². The van der Waals surface area contributed by atoms with Gasteiger partial charge in [0.15, 0.2) is 0 Å². The highest BCUT2D eigenvalue weighted by atomic mass is 32.2. The molecule has 3 aromatic rings. The van der Waals surface area contributed by atoms with Crippen molar-refractivity contribution in [3.63, 3.8) is 0 Å². The number of benzene rings is 2. The molecule has 2 amide bonds. The number of aliphatic hydroxyl groups is 1. The quantitative estimate of drug-likeness (QED) is 0.378. The predicted octanol–water partition coefficient (Wildman–Crippen LogP) is 3.76. The van der Waals surface area contributed by atoms with Gasteiger partial charge in [0.05, 0.1) is 42.4 Å². The summed E-state index contributed by atoms with van der Waals surface area (Å²) in [5.41, 5.74) is 0.603. The number of piperazine rings is 1. The van der Waals surface area contributed by atoms with E-state index in [2.05, 4.69) is 14.9 Å². The van der Waals surface area contributed by atoms with E-state index in [0.717, 1.165) is 44.0 Å². The third kappa shape index (κ3) is 6.58. The summed E-state index contributed by atoms with van der Waals surface area (Å²) < 4.78 is 47.4. The van der Waals surface area contributed by atoms with Crippen LogP contribution in [0.3, 0.4) is 0 Å². The summed E-state index contributed by atoms with van der Waals surface area (Å²) in [6.45, 7) is 4.90. The van der Waals surface area contributed by atoms with Crippen LogP contribution in [0.1, 0.15) is 16.7 Å². The van der Waals surface area contributed by atoms with Crippen molar-refractivity contribution >= 4 is 39.9 Å². The highest BCUT2D eigenvalue weighted by molar-refractivity contribution is 8.18. The first-order chi connectivity index (χ1) is 19.7. The van der Waals surface area contributed by atoms with Crippen molar-refractivity contribution in [1.29, 1.82) is 0 Å². The molecule has 9 nitrogen and oxygen atoms in total. The van der Waals surface area contributed by atoms with Crippen LogP contribution >= 0.6 is 11.8 Å². The second-order valence-electron chi connectivity index (χ2n) is 9.88. The zero-order chi connectivity index (χ0) is 29.1. The van der Waals surface area contributed by atoms with Crippen LogP contribution in [-0.4, -0.2) is 100 Å². The van der Waals surface area contributed by atoms with E-state index >= 15 is 0 Å². The Labute approximate surface area is 239 Å². The minimum absolute atomic E-state index is 0.0630. The number of halogens is 3. The van der Waals surface area contributed by atoms with Gasteiger partial charge in [0.2, 0.25) is 0 Å². The predicted molar refractivity (Wildman–Crippen MR) is 149 cm³/mol. The summed E-state index contributed by atoms with van der Waals surface area (Å²) in [6.07, 6.45) is -1.33. The molecule has 0 unspecified atom stereocenters. The number of hydrogen-bond donors (Lipinski definition) is 1. The fourth-order valence-electron chi connectivity index (χ4n) is 5.03. The number of imide groups is 1. The van der Waals surface area contributed by atoms with Gasteiger partial charge < -0.3 is 9.84 Å². The molecule has 3 heterocycles. The maximum Gasteiger partial charge on any atom is 0.416 e. The summed E-state index contributed by atoms with van der Waals surface area (Å²) in [6, 6.07) is 9.13. The summed E-state index contributed by atoms with van der Waals surface area (Å²) in [4.78, 5) is 31.6. The molecule has 2 aliphatic heterocycles. The zero-order valence-corrected chi connectivity index (χ0v) is 23.2. The van der Waals surface area contributed by atoms with Crippen LogP contribution in [0.25, 0.3) is 17.0 Å². The van der Waals surface area contributed by atoms with E-state index in [-0.39, 0.29) is 35.6 Å². The maximum atomic E-state index is 13.7. The van der Waals surface area contributed by atoms with Crippen LogP contribution < -0.4 is 4.74 Å². The van der Waals surface area contributed by atoms with Gasteiger partial charge in [-0.25, -0.2) is 0 Å². The van der Waals surface area contributed by atoms with Gasteiger partial charge in [-0.2, -0.15) is 18.3 Å². The topological polar surface area (TPSA) is 91.1 Å². The lowest BCUT2D eigenvalue weighted by Crippen LogP contribution is -2.49. The molecule has 13 heteroatoms. The van der Waals surface area contributed by atoms with Gasteiger partial charge in [0.1, 0.15) is 5.75 Å². The molecule has 0 saturated carbocycles. The largest absolute Gasteiger partial charge is 0.497 e. The van der Waals surface area contributed by atoms with E-state index in [0.29, 0.717) is 41.0 Å². The van der Waals surface area contributed by atoms with Crippen molar-refractivity contribution < 1.29 is 32.6 Å². The molecule has 1 N–H and O–H groups in total. The molecular formula is C28H30F3N5O4S. The molecule has 5 rings (SSSR count). The first-order valence-corrected chi connectivity index (χ1v) is 14.0. The second-order valence-corrected chi connectivity index (χ2v) is 10.9. The highest BCUT2D eigenvalue weighted by Gasteiger charge is 2.36. The summed E-state index contributed by atoms with van der Waals surface area (Å²) in [7, 11) is 1.32. The van der Waals surface area contributed by atoms with Crippen LogP contribution in [-0.2, 0) is 17.5 Å². The van der Waals surface area contributed by atoms with Crippen LogP contribution in [0.4, 0.5) is 18.0 Å². The van der Waals surface area contributed by atoms with E-state index < -0.39 is 11.7 Å². The Morgan fingerprint density at radius 3 is 2.44 bits per heavy atom. The van der Waals surface area contributed by atoms with Crippen molar-refractivity contribution in [2.45, 2.75) is 12.7 Å². The molecule has 0 aliphatic carbocycles. The number of fused-ring (bicyclic) bond motifs is 1. The van der Waals surface area contributed by atoms with Crippen molar-refractivity contribution in [2.24, 2.45) is 0 Å². The SMILES string of the molecule is COc1ccc(Cn2ncc3cc(C=C4SC(=O)N(CCN5CCN(CCO)CC5)C4=O)ccc32)c(C(F)(F)F)c1. The Balaban J connectivity index is 1.26. The number of rotatable bonds is 9. The Bertz CT molecular complexity index is 1470. The van der Waals surface area contributed by atoms with Gasteiger partial charge in [-0.15, -0.1) is 0 Å². The van der Waals surface area contributed by atoms with Crippen molar-refractivity contribution in [1.82, 2.24) is 24.5 Å². The number of aromatic nitrogens is 2. The van der Waals surface area contributed by atoms with E-state index in [9.17, 15) is 22.8 Å². The molecule has 2 fully saturated rings. The number of thioether (sulfide) groups is 1. The molecule has 0 radical (unpaired) electrons. The number of ether oxygens (including phenoxy) is 1. The number of alkyl halides is 3. The monoisotopic (exact) mass is 589 g/mol. The summed E-state index contributed by atoms with van der Waals surface area (Å²) >= 11 is 0.896. The Morgan fingerprint density at radius 1 is 1.02 bits per heavy atom. The number of β-amino-alcohol motifs (C(OH)–C–C–N with tert-alkyl or cyclic N) is 1. The summed E-state index contributed by atoms with van der Waals surface area (Å²) in [5, 5.41) is 13.8. The molecule has 0 bridgehead atoms. The van der Waals surface area contributed by atoms with E-state index in [1.807, 2.05) is 0 Å². The van der Waals surface area contributed by atoms with Gasteiger partial charge in [-0.1, -0.05) is 12.1 Å². The molecular weight excluding hydrogens is 559 g/mol. The van der Waals surface area contributed by atoms with Gasteiger partial charge in [-0.05, 0) is 53.2 Å². The highest BCUT2D eigenvalue weighted by Crippen LogP contribution is 2.36. The molecule has 0 atom stereocenters. The van der Waals surface area contributed by atoms with Crippen molar-refractivity contribution in [2.75, 3.05) is 59.5 Å². The molecule has 41 heavy (non-hydrogen) atoms. The number of hydrogen-bond acceptors (Lipinski definition) is 8. The van der Waals surface area contributed by atoms with Gasteiger partial charge in [-0.3, -0.25) is 29.0 Å². The van der Waals surface area contributed by atoms with Crippen LogP contribution in [0.5, 0.6) is 5.75 Å². The number of aliphatic hydroxyl groups excluding tert-OH is 1. The van der Waals surface area contributed by atoms with Crippen molar-refractivity contribution in [3.05, 3.63) is 64.2 Å². The molecule has 218 valence electrons. The first kappa shape index (κ1) is 29.1. The van der Waals surface area contributed by atoms with Crippen molar-refractivity contribution in [3.8, 4) is 5.75 Å². The Hall–Kier alpha value is -3.39. The number of carbonyl (C=O) groups is 2. The molecule has 2 saturated heterocycles.